The van der Waals surface area contributed by atoms with Crippen molar-refractivity contribution in [2.75, 3.05) is 5.32 Å². The third-order valence-electron chi connectivity index (χ3n) is 3.96. The van der Waals surface area contributed by atoms with Crippen molar-refractivity contribution >= 4 is 29.2 Å². The first kappa shape index (κ1) is 17.2. The van der Waals surface area contributed by atoms with Crippen LogP contribution in [-0.2, 0) is 16.1 Å². The highest BCUT2D eigenvalue weighted by Gasteiger charge is 2.30. The van der Waals surface area contributed by atoms with Gasteiger partial charge in [0.2, 0.25) is 5.91 Å². The third kappa shape index (κ3) is 3.88. The van der Waals surface area contributed by atoms with Gasteiger partial charge in [0.25, 0.3) is 5.56 Å². The van der Waals surface area contributed by atoms with E-state index in [0.29, 0.717) is 22.0 Å². The lowest BCUT2D eigenvalue weighted by molar-refractivity contribution is -0.137. The third-order valence-corrected chi connectivity index (χ3v) is 4.19. The fourth-order valence-electron chi connectivity index (χ4n) is 2.51. The Bertz CT molecular complexity index is 919. The molecule has 1 fully saturated rings. The van der Waals surface area contributed by atoms with Crippen LogP contribution in [-0.4, -0.2) is 26.5 Å². The van der Waals surface area contributed by atoms with Gasteiger partial charge in [0.05, 0.1) is 11.4 Å². The number of carbonyl (C=O) groups is 2. The van der Waals surface area contributed by atoms with Crippen molar-refractivity contribution in [3.05, 3.63) is 45.5 Å². The molecule has 0 bridgehead atoms. The van der Waals surface area contributed by atoms with Crippen LogP contribution in [0.5, 0.6) is 0 Å². The van der Waals surface area contributed by atoms with Crippen LogP contribution >= 0.6 is 11.6 Å². The predicted octanol–water partition coefficient (Wildman–Crippen LogP) is 2.31. The molecule has 0 spiro atoms. The molecule has 0 aliphatic heterocycles. The molecule has 0 saturated heterocycles. The van der Waals surface area contributed by atoms with E-state index in [2.05, 4.69) is 10.3 Å². The Balaban J connectivity index is 2.02. The van der Waals surface area contributed by atoms with E-state index in [1.165, 1.54) is 6.07 Å². The number of amides is 1. The van der Waals surface area contributed by atoms with Gasteiger partial charge in [0.1, 0.15) is 12.4 Å². The first-order valence-electron chi connectivity index (χ1n) is 7.76. The number of carboxylic acid groups (broad SMARTS) is 1. The quantitative estimate of drug-likeness (QED) is 0.850. The van der Waals surface area contributed by atoms with Crippen LogP contribution in [0.3, 0.4) is 0 Å². The second-order valence-corrected chi connectivity index (χ2v) is 6.40. The number of aliphatic carboxylic acids is 1. The number of carboxylic acids is 1. The van der Waals surface area contributed by atoms with E-state index in [1.54, 1.807) is 25.1 Å². The number of nitrogens with one attached hydrogen (secondary N) is 1. The molecule has 2 aromatic rings. The summed E-state index contributed by atoms with van der Waals surface area (Å²) in [4.78, 5) is 39.5. The van der Waals surface area contributed by atoms with E-state index in [9.17, 15) is 14.4 Å². The first-order chi connectivity index (χ1) is 11.8. The maximum Gasteiger partial charge on any atom is 0.323 e. The number of aromatic nitrogens is 2. The van der Waals surface area contributed by atoms with Gasteiger partial charge in [-0.05, 0) is 38.0 Å². The summed E-state index contributed by atoms with van der Waals surface area (Å²) in [6, 6.07) is 6.18. The predicted molar refractivity (Wildman–Crippen MR) is 92.7 cm³/mol. The Labute approximate surface area is 148 Å². The number of anilines is 1. The number of nitrogens with zero attached hydrogens (tertiary/aromatic N) is 2. The van der Waals surface area contributed by atoms with Crippen LogP contribution in [0.2, 0.25) is 5.02 Å². The Kier molecular flexibility index (Phi) is 4.59. The monoisotopic (exact) mass is 361 g/mol. The summed E-state index contributed by atoms with van der Waals surface area (Å²) in [6.45, 7) is 1.11. The summed E-state index contributed by atoms with van der Waals surface area (Å²) in [5.74, 6) is -0.910. The van der Waals surface area contributed by atoms with Crippen molar-refractivity contribution in [3.8, 4) is 11.3 Å². The molecule has 0 unspecified atom stereocenters. The van der Waals surface area contributed by atoms with Crippen LogP contribution < -0.4 is 10.9 Å². The Morgan fingerprint density at radius 3 is 2.68 bits per heavy atom. The zero-order valence-electron chi connectivity index (χ0n) is 13.5. The molecular formula is C17H16ClN3O4. The minimum absolute atomic E-state index is 0.0186. The number of carbonyl (C=O) groups excluding carboxylic acids is 1. The van der Waals surface area contributed by atoms with Crippen LogP contribution in [0.15, 0.2) is 29.1 Å². The van der Waals surface area contributed by atoms with E-state index in [-0.39, 0.29) is 17.6 Å². The van der Waals surface area contributed by atoms with E-state index >= 15 is 0 Å². The fourth-order valence-corrected chi connectivity index (χ4v) is 2.68. The van der Waals surface area contributed by atoms with Gasteiger partial charge in [-0.25, -0.2) is 4.98 Å². The van der Waals surface area contributed by atoms with E-state index in [1.807, 2.05) is 0 Å². The number of hydrogen-bond acceptors (Lipinski definition) is 4. The summed E-state index contributed by atoms with van der Waals surface area (Å²) in [5, 5.41) is 12.2. The smallest absolute Gasteiger partial charge is 0.323 e. The zero-order valence-corrected chi connectivity index (χ0v) is 14.2. The van der Waals surface area contributed by atoms with Crippen molar-refractivity contribution < 1.29 is 14.7 Å². The van der Waals surface area contributed by atoms with Crippen molar-refractivity contribution in [1.82, 2.24) is 9.55 Å². The maximum absolute atomic E-state index is 12.2. The molecule has 7 nitrogen and oxygen atoms in total. The normalized spacial score (nSPS) is 13.5. The Hall–Kier alpha value is -2.67. The van der Waals surface area contributed by atoms with Crippen molar-refractivity contribution in [2.45, 2.75) is 26.3 Å². The number of aryl methyl sites for hydroxylation is 1. The number of hydrogen-bond donors (Lipinski definition) is 2. The summed E-state index contributed by atoms with van der Waals surface area (Å²) in [6.07, 6.45) is 1.73. The molecule has 3 rings (SSSR count). The summed E-state index contributed by atoms with van der Waals surface area (Å²) in [5.41, 5.74) is 0.916. The minimum atomic E-state index is -1.12. The molecule has 1 aromatic carbocycles. The average Bonchev–Trinajstić information content (AvgIpc) is 3.35. The molecule has 0 radical (unpaired) electrons. The second kappa shape index (κ2) is 6.68. The zero-order chi connectivity index (χ0) is 18.1. The highest BCUT2D eigenvalue weighted by molar-refractivity contribution is 6.31. The summed E-state index contributed by atoms with van der Waals surface area (Å²) < 4.78 is 1.07. The van der Waals surface area contributed by atoms with Gasteiger partial charge in [0.15, 0.2) is 0 Å². The first-order valence-corrected chi connectivity index (χ1v) is 8.14. The second-order valence-electron chi connectivity index (χ2n) is 5.96. The molecule has 8 heteroatoms. The Morgan fingerprint density at radius 2 is 2.08 bits per heavy atom. The van der Waals surface area contributed by atoms with Gasteiger partial charge in [-0.1, -0.05) is 11.6 Å². The van der Waals surface area contributed by atoms with E-state index < -0.39 is 18.1 Å². The van der Waals surface area contributed by atoms with Crippen LogP contribution in [0.1, 0.15) is 18.7 Å². The Morgan fingerprint density at radius 1 is 1.36 bits per heavy atom. The van der Waals surface area contributed by atoms with E-state index in [4.69, 9.17) is 16.7 Å². The van der Waals surface area contributed by atoms with Gasteiger partial charge in [-0.15, -0.1) is 0 Å². The standard InChI is InChI=1S/C17H16ClN3O4/c1-9-19-14(7-15(22)21(9)8-16(23)24)12-5-4-11(18)6-13(12)20-17(25)10-2-3-10/h4-7,10H,2-3,8H2,1H3,(H,20,25)(H,23,24). The summed E-state index contributed by atoms with van der Waals surface area (Å²) in [7, 11) is 0. The van der Waals surface area contributed by atoms with Crippen LogP contribution in [0, 0.1) is 12.8 Å². The highest BCUT2D eigenvalue weighted by Crippen LogP contribution is 2.33. The molecule has 2 N–H and O–H groups in total. The van der Waals surface area contributed by atoms with Crippen LogP contribution in [0.25, 0.3) is 11.3 Å². The lowest BCUT2D eigenvalue weighted by Gasteiger charge is -2.13. The van der Waals surface area contributed by atoms with Crippen molar-refractivity contribution in [3.63, 3.8) is 0 Å². The lowest BCUT2D eigenvalue weighted by atomic mass is 10.1. The van der Waals surface area contributed by atoms with Gasteiger partial charge in [-0.3, -0.25) is 19.0 Å². The molecule has 25 heavy (non-hydrogen) atoms. The molecule has 1 amide bonds. The van der Waals surface area contributed by atoms with Crippen molar-refractivity contribution in [2.24, 2.45) is 5.92 Å². The summed E-state index contributed by atoms with van der Waals surface area (Å²) >= 11 is 6.03. The van der Waals surface area contributed by atoms with Gasteiger partial charge >= 0.3 is 5.97 Å². The molecule has 1 aromatic heterocycles. The molecule has 130 valence electrons. The number of halogens is 1. The molecule has 1 saturated carbocycles. The molecule has 1 aliphatic rings. The molecule has 1 aliphatic carbocycles. The fraction of sp³-hybridized carbons (Fsp3) is 0.294. The highest BCUT2D eigenvalue weighted by atomic mass is 35.5. The molecule has 0 atom stereocenters. The van der Waals surface area contributed by atoms with E-state index in [0.717, 1.165) is 17.4 Å². The SMILES string of the molecule is Cc1nc(-c2ccc(Cl)cc2NC(=O)C2CC2)cc(=O)n1CC(=O)O. The average molecular weight is 362 g/mol. The van der Waals surface area contributed by atoms with Gasteiger partial charge < -0.3 is 10.4 Å². The molecule has 1 heterocycles. The van der Waals surface area contributed by atoms with Gasteiger partial charge in [-0.2, -0.15) is 0 Å². The topological polar surface area (TPSA) is 101 Å². The minimum Gasteiger partial charge on any atom is -0.480 e. The van der Waals surface area contributed by atoms with Gasteiger partial charge in [0, 0.05) is 22.6 Å². The number of rotatable bonds is 5. The molecular weight excluding hydrogens is 346 g/mol. The largest absolute Gasteiger partial charge is 0.480 e. The maximum atomic E-state index is 12.2. The number of benzene rings is 1. The lowest BCUT2D eigenvalue weighted by Crippen LogP contribution is -2.27. The van der Waals surface area contributed by atoms with Crippen LogP contribution in [0.4, 0.5) is 5.69 Å². The van der Waals surface area contributed by atoms with Crippen molar-refractivity contribution in [1.29, 1.82) is 0 Å².